The van der Waals surface area contributed by atoms with Crippen LogP contribution in [-0.2, 0) is 11.3 Å². The molecule has 1 aromatic heterocycles. The van der Waals surface area contributed by atoms with Gasteiger partial charge in [0.05, 0.1) is 16.2 Å². The molecule has 0 saturated heterocycles. The lowest BCUT2D eigenvalue weighted by Crippen LogP contribution is -3.00. The van der Waals surface area contributed by atoms with E-state index in [9.17, 15) is 14.9 Å². The lowest BCUT2D eigenvalue weighted by molar-refractivity contribution is -0.697. The molecule has 2 aromatic rings. The maximum Gasteiger partial charge on any atom is 0.274 e. The van der Waals surface area contributed by atoms with Crippen molar-refractivity contribution in [2.75, 3.05) is 5.32 Å². The summed E-state index contributed by atoms with van der Waals surface area (Å²) in [4.78, 5) is 22.4. The molecule has 6 nitrogen and oxygen atoms in total. The zero-order valence-electron chi connectivity index (χ0n) is 13.4. The van der Waals surface area contributed by atoms with Gasteiger partial charge in [0.25, 0.3) is 5.69 Å². The van der Waals surface area contributed by atoms with Crippen molar-refractivity contribution in [1.29, 1.82) is 0 Å². The van der Waals surface area contributed by atoms with E-state index in [1.54, 1.807) is 19.1 Å². The number of anilines is 1. The summed E-state index contributed by atoms with van der Waals surface area (Å²) in [5.41, 5.74) is 0.996. The summed E-state index contributed by atoms with van der Waals surface area (Å²) in [5.74, 6) is -0.119. The van der Waals surface area contributed by atoms with Gasteiger partial charge in [-0.15, -0.1) is 0 Å². The minimum absolute atomic E-state index is 0. The number of hydrogen-bond acceptors (Lipinski definition) is 3. The van der Waals surface area contributed by atoms with Crippen molar-refractivity contribution in [3.63, 3.8) is 0 Å². The molecule has 0 bridgehead atoms. The van der Waals surface area contributed by atoms with Gasteiger partial charge in [-0.05, 0) is 19.4 Å². The Hall–Kier alpha value is -2.28. The van der Waals surface area contributed by atoms with Crippen LogP contribution in [0.1, 0.15) is 24.8 Å². The molecule has 0 aliphatic carbocycles. The number of aromatic nitrogens is 1. The maximum atomic E-state index is 12.0. The van der Waals surface area contributed by atoms with Crippen molar-refractivity contribution >= 4 is 17.3 Å². The Morgan fingerprint density at radius 3 is 2.54 bits per heavy atom. The molecule has 128 valence electrons. The van der Waals surface area contributed by atoms with Gasteiger partial charge in [0, 0.05) is 31.0 Å². The second-order valence-electron chi connectivity index (χ2n) is 5.33. The van der Waals surface area contributed by atoms with E-state index in [0.717, 1.165) is 19.4 Å². The molecule has 0 saturated carbocycles. The first-order valence-electron chi connectivity index (χ1n) is 7.56. The monoisotopic (exact) mass is 393 g/mol. The minimum Gasteiger partial charge on any atom is -1.00 e. The molecule has 1 aromatic carbocycles. The lowest BCUT2D eigenvalue weighted by Gasteiger charge is -2.08. The van der Waals surface area contributed by atoms with Gasteiger partial charge in [0.1, 0.15) is 6.54 Å². The summed E-state index contributed by atoms with van der Waals surface area (Å²) >= 11 is 0. The van der Waals surface area contributed by atoms with Crippen LogP contribution in [0, 0.1) is 17.0 Å². The zero-order valence-corrected chi connectivity index (χ0v) is 15.0. The van der Waals surface area contributed by atoms with Crippen LogP contribution >= 0.6 is 0 Å². The fourth-order valence-corrected chi connectivity index (χ4v) is 2.33. The number of carbonyl (C=O) groups excluding carboxylic acids is 1. The Labute approximate surface area is 151 Å². The third-order valence-electron chi connectivity index (χ3n) is 3.62. The minimum atomic E-state index is -0.442. The van der Waals surface area contributed by atoms with E-state index in [0.29, 0.717) is 17.7 Å². The number of unbranched alkanes of at least 4 members (excludes halogenated alkanes) is 1. The van der Waals surface area contributed by atoms with Gasteiger partial charge >= 0.3 is 0 Å². The van der Waals surface area contributed by atoms with Crippen LogP contribution in [0.15, 0.2) is 48.8 Å². The summed E-state index contributed by atoms with van der Waals surface area (Å²) in [6, 6.07) is 10.6. The van der Waals surface area contributed by atoms with E-state index in [1.807, 2.05) is 30.6 Å². The summed E-state index contributed by atoms with van der Waals surface area (Å²) in [6.45, 7) is 2.50. The number of amides is 1. The SMILES string of the molecule is Cc1c(NC(=O)CCCC[n+]2ccccc2)cccc1[N+](=O)[O-].[Br-]. The van der Waals surface area contributed by atoms with E-state index in [-0.39, 0.29) is 28.6 Å². The quantitative estimate of drug-likeness (QED) is 0.311. The standard InChI is InChI=1S/C17H19N3O3.BrH/c1-14-15(8-7-9-16(14)20(22)23)18-17(21)10-3-6-13-19-11-4-2-5-12-19;/h2,4-5,7-9,11-12H,3,6,10,13H2,1H3;1H. The molecular weight excluding hydrogens is 374 g/mol. The number of halogens is 1. The Kier molecular flexibility index (Phi) is 8.05. The second kappa shape index (κ2) is 9.77. The van der Waals surface area contributed by atoms with Crippen molar-refractivity contribution in [3.05, 3.63) is 64.5 Å². The molecule has 0 radical (unpaired) electrons. The fraction of sp³-hybridized carbons (Fsp3) is 0.294. The third-order valence-corrected chi connectivity index (χ3v) is 3.62. The Balaban J connectivity index is 0.00000288. The Bertz CT molecular complexity index is 693. The molecule has 1 amide bonds. The maximum absolute atomic E-state index is 12.0. The number of nitrogens with zero attached hydrogens (tertiary/aromatic N) is 2. The highest BCUT2D eigenvalue weighted by Crippen LogP contribution is 2.25. The number of nitro groups is 1. The van der Waals surface area contributed by atoms with Crippen LogP contribution in [0.25, 0.3) is 0 Å². The molecule has 1 heterocycles. The van der Waals surface area contributed by atoms with Crippen LogP contribution in [0.4, 0.5) is 11.4 Å². The summed E-state index contributed by atoms with van der Waals surface area (Å²) in [7, 11) is 0. The molecule has 0 fully saturated rings. The smallest absolute Gasteiger partial charge is 0.274 e. The van der Waals surface area contributed by atoms with Crippen LogP contribution in [0.2, 0.25) is 0 Å². The molecule has 24 heavy (non-hydrogen) atoms. The highest BCUT2D eigenvalue weighted by molar-refractivity contribution is 5.92. The molecule has 2 rings (SSSR count). The highest BCUT2D eigenvalue weighted by atomic mass is 79.9. The van der Waals surface area contributed by atoms with Crippen LogP contribution in [0.5, 0.6) is 0 Å². The first-order chi connectivity index (χ1) is 11.1. The third kappa shape index (κ3) is 5.73. The van der Waals surface area contributed by atoms with Gasteiger partial charge in [-0.25, -0.2) is 4.57 Å². The predicted octanol–water partition coefficient (Wildman–Crippen LogP) is 0.00372. The van der Waals surface area contributed by atoms with E-state index in [4.69, 9.17) is 0 Å². The van der Waals surface area contributed by atoms with Crippen molar-refractivity contribution in [1.82, 2.24) is 0 Å². The van der Waals surface area contributed by atoms with Crippen LogP contribution in [-0.4, -0.2) is 10.8 Å². The highest BCUT2D eigenvalue weighted by Gasteiger charge is 2.14. The number of benzene rings is 1. The number of hydrogen-bond donors (Lipinski definition) is 1. The number of nitro benzene ring substituents is 1. The molecule has 0 unspecified atom stereocenters. The average molecular weight is 394 g/mol. The number of rotatable bonds is 7. The largest absolute Gasteiger partial charge is 1.00 e. The van der Waals surface area contributed by atoms with Gasteiger partial charge in [-0.1, -0.05) is 12.1 Å². The summed E-state index contributed by atoms with van der Waals surface area (Å²) in [5, 5.41) is 13.6. The van der Waals surface area contributed by atoms with Gasteiger partial charge < -0.3 is 22.3 Å². The second-order valence-corrected chi connectivity index (χ2v) is 5.33. The predicted molar refractivity (Wildman–Crippen MR) is 87.0 cm³/mol. The molecule has 0 aliphatic rings. The topological polar surface area (TPSA) is 76.1 Å². The van der Waals surface area contributed by atoms with Gasteiger partial charge in [0.2, 0.25) is 5.91 Å². The van der Waals surface area contributed by atoms with Crippen molar-refractivity contribution < 1.29 is 31.3 Å². The Morgan fingerprint density at radius 1 is 1.17 bits per heavy atom. The number of pyridine rings is 1. The van der Waals surface area contributed by atoms with E-state index in [1.165, 1.54) is 6.07 Å². The van der Waals surface area contributed by atoms with Crippen molar-refractivity contribution in [3.8, 4) is 0 Å². The van der Waals surface area contributed by atoms with Gasteiger partial charge in [-0.3, -0.25) is 14.9 Å². The molecule has 0 aliphatic heterocycles. The van der Waals surface area contributed by atoms with Crippen molar-refractivity contribution in [2.24, 2.45) is 0 Å². The zero-order chi connectivity index (χ0) is 16.7. The number of nitrogens with one attached hydrogen (secondary N) is 1. The number of aryl methyl sites for hydroxylation is 1. The van der Waals surface area contributed by atoms with Crippen LogP contribution < -0.4 is 26.9 Å². The van der Waals surface area contributed by atoms with Gasteiger partial charge in [-0.2, -0.15) is 0 Å². The first kappa shape index (κ1) is 19.8. The average Bonchev–Trinajstić information content (AvgIpc) is 2.54. The summed E-state index contributed by atoms with van der Waals surface area (Å²) < 4.78 is 2.07. The van der Waals surface area contributed by atoms with Crippen LogP contribution in [0.3, 0.4) is 0 Å². The molecule has 0 atom stereocenters. The molecule has 7 heteroatoms. The Morgan fingerprint density at radius 2 is 1.88 bits per heavy atom. The van der Waals surface area contributed by atoms with Gasteiger partial charge in [0.15, 0.2) is 12.4 Å². The fourth-order valence-electron chi connectivity index (χ4n) is 2.33. The van der Waals surface area contributed by atoms with E-state index in [2.05, 4.69) is 9.88 Å². The molecule has 0 spiro atoms. The normalized spacial score (nSPS) is 9.88. The lowest BCUT2D eigenvalue weighted by atomic mass is 10.1. The molecule has 1 N–H and O–H groups in total. The molecular formula is C17H20BrN3O3. The number of carbonyl (C=O) groups is 1. The first-order valence-corrected chi connectivity index (χ1v) is 7.56. The van der Waals surface area contributed by atoms with E-state index >= 15 is 0 Å². The van der Waals surface area contributed by atoms with Crippen molar-refractivity contribution in [2.45, 2.75) is 32.7 Å². The summed E-state index contributed by atoms with van der Waals surface area (Å²) in [6.07, 6.45) is 6.05. The van der Waals surface area contributed by atoms with E-state index < -0.39 is 4.92 Å².